The molecule has 200 valence electrons. The van der Waals surface area contributed by atoms with Gasteiger partial charge in [-0.1, -0.05) is 46.6 Å². The van der Waals surface area contributed by atoms with E-state index >= 15 is 0 Å². The van der Waals surface area contributed by atoms with Crippen molar-refractivity contribution in [2.24, 2.45) is 5.41 Å². The average molecular weight is 519 g/mol. The molecule has 9 heteroatoms. The van der Waals surface area contributed by atoms with Gasteiger partial charge in [-0.2, -0.15) is 13.2 Å². The molecule has 37 heavy (non-hydrogen) atoms. The number of ether oxygens (including phenoxy) is 1. The molecule has 1 saturated carbocycles. The summed E-state index contributed by atoms with van der Waals surface area (Å²) in [4.78, 5) is 20.6. The molecule has 0 radical (unpaired) electrons. The lowest BCUT2D eigenvalue weighted by molar-refractivity contribution is -0.141. The zero-order valence-electron chi connectivity index (χ0n) is 21.5. The van der Waals surface area contributed by atoms with Gasteiger partial charge in [-0.3, -0.25) is 14.8 Å². The highest BCUT2D eigenvalue weighted by Gasteiger charge is 2.54. The van der Waals surface area contributed by atoms with Gasteiger partial charge in [-0.25, -0.2) is 0 Å². The second kappa shape index (κ2) is 8.76. The van der Waals surface area contributed by atoms with Crippen LogP contribution in [0, 0.1) is 5.41 Å². The fourth-order valence-corrected chi connectivity index (χ4v) is 6.73. The summed E-state index contributed by atoms with van der Waals surface area (Å²) in [6.07, 6.45) is -1.26. The molecule has 1 fully saturated rings. The number of rotatable bonds is 4. The number of carboxylic acids is 1. The summed E-state index contributed by atoms with van der Waals surface area (Å²) in [6.45, 7) is 7.92. The average Bonchev–Trinajstić information content (AvgIpc) is 3.40. The molecule has 0 saturated heterocycles. The predicted octanol–water partition coefficient (Wildman–Crippen LogP) is 6.53. The van der Waals surface area contributed by atoms with E-state index in [1.54, 1.807) is 0 Å². The van der Waals surface area contributed by atoms with E-state index in [9.17, 15) is 28.2 Å². The molecule has 0 amide bonds. The summed E-state index contributed by atoms with van der Waals surface area (Å²) in [6, 6.07) is 2.38. The predicted molar refractivity (Wildman–Crippen MR) is 129 cm³/mol. The first kappa shape index (κ1) is 26.1. The molecule has 2 aromatic heterocycles. The lowest BCUT2D eigenvalue weighted by Crippen LogP contribution is -2.36. The monoisotopic (exact) mass is 518 g/mol. The number of alkyl halides is 3. The summed E-state index contributed by atoms with van der Waals surface area (Å²) in [5.41, 5.74) is 2.05. The molecule has 0 bridgehead atoms. The summed E-state index contributed by atoms with van der Waals surface area (Å²) < 4.78 is 46.4. The number of pyridine rings is 2. The van der Waals surface area contributed by atoms with Crippen LogP contribution in [0.3, 0.4) is 0 Å². The second-order valence-corrected chi connectivity index (χ2v) is 11.8. The molecule has 1 aliphatic heterocycles. The van der Waals surface area contributed by atoms with Crippen LogP contribution in [0.4, 0.5) is 13.2 Å². The van der Waals surface area contributed by atoms with Crippen molar-refractivity contribution in [1.29, 1.82) is 0 Å². The number of aliphatic hydroxyl groups is 1. The third-order valence-corrected chi connectivity index (χ3v) is 8.44. The van der Waals surface area contributed by atoms with Gasteiger partial charge in [0.2, 0.25) is 0 Å². The van der Waals surface area contributed by atoms with E-state index in [1.807, 2.05) is 27.7 Å². The first-order chi connectivity index (χ1) is 17.2. The largest absolute Gasteiger partial charge is 0.481 e. The first-order valence-corrected chi connectivity index (χ1v) is 12.9. The summed E-state index contributed by atoms with van der Waals surface area (Å²) in [5.74, 6) is -1.37. The van der Waals surface area contributed by atoms with E-state index in [4.69, 9.17) is 9.72 Å². The van der Waals surface area contributed by atoms with Gasteiger partial charge in [0, 0.05) is 34.5 Å². The Morgan fingerprint density at radius 2 is 1.86 bits per heavy atom. The van der Waals surface area contributed by atoms with E-state index in [0.29, 0.717) is 23.2 Å². The van der Waals surface area contributed by atoms with Crippen molar-refractivity contribution in [2.75, 3.05) is 0 Å². The van der Waals surface area contributed by atoms with Crippen LogP contribution in [0.5, 0.6) is 0 Å². The minimum Gasteiger partial charge on any atom is -0.481 e. The molecular weight excluding hydrogens is 485 g/mol. The van der Waals surface area contributed by atoms with Crippen molar-refractivity contribution in [3.8, 4) is 0 Å². The molecule has 1 spiro atoms. The Morgan fingerprint density at radius 1 is 1.19 bits per heavy atom. The van der Waals surface area contributed by atoms with Gasteiger partial charge in [-0.05, 0) is 42.2 Å². The van der Waals surface area contributed by atoms with E-state index < -0.39 is 47.0 Å². The number of aliphatic carboxylic acids is 1. The van der Waals surface area contributed by atoms with Crippen LogP contribution in [-0.4, -0.2) is 26.2 Å². The minimum atomic E-state index is -4.54. The van der Waals surface area contributed by atoms with Gasteiger partial charge in [0.05, 0.1) is 23.8 Å². The zero-order chi connectivity index (χ0) is 26.9. The smallest absolute Gasteiger partial charge is 0.433 e. The number of carboxylic acid groups (broad SMARTS) is 1. The maximum atomic E-state index is 13.2. The molecule has 3 atom stereocenters. The molecule has 0 unspecified atom stereocenters. The topological polar surface area (TPSA) is 92.5 Å². The van der Waals surface area contributed by atoms with Crippen molar-refractivity contribution in [3.05, 3.63) is 57.7 Å². The quantitative estimate of drug-likeness (QED) is 0.478. The molecule has 0 aromatic carbocycles. The number of fused-ring (bicyclic) bond motifs is 4. The normalized spacial score (nSPS) is 25.9. The Labute approximate surface area is 214 Å². The second-order valence-electron chi connectivity index (χ2n) is 11.8. The van der Waals surface area contributed by atoms with Gasteiger partial charge in [-0.15, -0.1) is 0 Å². The fraction of sp³-hybridized carbons (Fsp3) is 0.607. The lowest BCUT2D eigenvalue weighted by atomic mass is 9.63. The molecule has 6 nitrogen and oxygen atoms in total. The highest BCUT2D eigenvalue weighted by atomic mass is 19.4. The van der Waals surface area contributed by atoms with Crippen LogP contribution in [0.1, 0.15) is 130 Å². The van der Waals surface area contributed by atoms with E-state index in [1.165, 1.54) is 12.3 Å². The standard InChI is InChI=1S/C28H33F3N2O4/c1-14(2)23-21-22(20-17(34)12-26(3,4)16(11-19(35)36)24(20)33-23)27(9-5-6-10-27)37-25(21)15-7-8-18(32-13-15)28(29,30)31/h7-8,13-14,16-17,25,34H,5-6,9-12H2,1-4H3,(H,35,36)/t16-,17-,25+/m0/s1. The van der Waals surface area contributed by atoms with Crippen molar-refractivity contribution in [3.63, 3.8) is 0 Å². The maximum Gasteiger partial charge on any atom is 0.433 e. The Bertz CT molecular complexity index is 1220. The highest BCUT2D eigenvalue weighted by molar-refractivity contribution is 5.69. The van der Waals surface area contributed by atoms with E-state index in [-0.39, 0.29) is 12.3 Å². The summed E-state index contributed by atoms with van der Waals surface area (Å²) in [7, 11) is 0. The van der Waals surface area contributed by atoms with E-state index in [0.717, 1.165) is 48.6 Å². The van der Waals surface area contributed by atoms with Crippen LogP contribution in [0.15, 0.2) is 18.3 Å². The van der Waals surface area contributed by atoms with Crippen LogP contribution >= 0.6 is 0 Å². The third-order valence-electron chi connectivity index (χ3n) is 8.44. The van der Waals surface area contributed by atoms with Crippen LogP contribution in [0.25, 0.3) is 0 Å². The number of carbonyl (C=O) groups is 1. The number of hydrogen-bond acceptors (Lipinski definition) is 5. The number of hydrogen-bond donors (Lipinski definition) is 2. The molecule has 5 rings (SSSR count). The summed E-state index contributed by atoms with van der Waals surface area (Å²) >= 11 is 0. The SMILES string of the molecule is CC(C)c1nc2c(c3c1[C@@H](c1ccc(C(F)(F)F)nc1)OC31CCCC1)[C@@H](O)CC(C)(C)[C@H]2CC(=O)O. The van der Waals surface area contributed by atoms with Crippen LogP contribution in [0.2, 0.25) is 0 Å². The van der Waals surface area contributed by atoms with Crippen molar-refractivity contribution in [2.45, 2.75) is 102 Å². The highest BCUT2D eigenvalue weighted by Crippen LogP contribution is 2.61. The molecule has 2 aromatic rings. The minimum absolute atomic E-state index is 0.0585. The Hall–Kier alpha value is -2.52. The molecule has 3 heterocycles. The maximum absolute atomic E-state index is 13.2. The van der Waals surface area contributed by atoms with Gasteiger partial charge >= 0.3 is 12.1 Å². The third kappa shape index (κ3) is 4.24. The van der Waals surface area contributed by atoms with E-state index in [2.05, 4.69) is 4.98 Å². The number of nitrogens with zero attached hydrogens (tertiary/aromatic N) is 2. The summed E-state index contributed by atoms with van der Waals surface area (Å²) in [5, 5.41) is 21.2. The molecular formula is C28H33F3N2O4. The van der Waals surface area contributed by atoms with Crippen LogP contribution in [-0.2, 0) is 21.3 Å². The Kier molecular flexibility index (Phi) is 6.18. The number of aromatic nitrogens is 2. The zero-order valence-corrected chi connectivity index (χ0v) is 21.5. The van der Waals surface area contributed by atoms with Crippen molar-refractivity contribution >= 4 is 5.97 Å². The van der Waals surface area contributed by atoms with Gasteiger partial charge < -0.3 is 14.9 Å². The Morgan fingerprint density at radius 3 is 2.41 bits per heavy atom. The number of halogens is 3. The molecule has 2 aliphatic carbocycles. The van der Waals surface area contributed by atoms with Gasteiger partial charge in [0.1, 0.15) is 11.8 Å². The molecule has 3 aliphatic rings. The molecule has 2 N–H and O–H groups in total. The van der Waals surface area contributed by atoms with Crippen molar-refractivity contribution in [1.82, 2.24) is 9.97 Å². The fourth-order valence-electron chi connectivity index (χ4n) is 6.73. The van der Waals surface area contributed by atoms with Gasteiger partial charge in [0.25, 0.3) is 0 Å². The van der Waals surface area contributed by atoms with Crippen LogP contribution < -0.4 is 0 Å². The first-order valence-electron chi connectivity index (χ1n) is 12.9. The van der Waals surface area contributed by atoms with Gasteiger partial charge in [0.15, 0.2) is 0 Å². The lowest BCUT2D eigenvalue weighted by Gasteiger charge is -2.43. The number of aliphatic hydroxyl groups excluding tert-OH is 1. The van der Waals surface area contributed by atoms with Crippen molar-refractivity contribution < 1.29 is 32.9 Å². The Balaban J connectivity index is 1.77.